The topological polar surface area (TPSA) is 64.4 Å². The molecule has 1 unspecified atom stereocenters. The third-order valence-electron chi connectivity index (χ3n) is 17.9. The third kappa shape index (κ3) is 7.36. The summed E-state index contributed by atoms with van der Waals surface area (Å²) in [4.78, 5) is 11.6. The highest BCUT2D eigenvalue weighted by atomic mass is 28.3. The standard InChI is InChI=1S/C78H50N6Si/c79-50-51-39-42-66-67(45-51)59-29-10-11-34-65(59)77(66)53-40-43-64-62-32-14-18-37-72(62)83(75(64)47-53)76-49-69(52-21-20-28-58(46-52)85(55-22-4-1-5-23-55,56-24-6-2-7-25-56)57-26-8-3-9-27-57)80-78(81-76)84-73-38-19-15-33-63(73)68-48-54(41-44-74(68)84)82-70-35-16-12-30-60(70)61-31-13-17-36-71(61)82/h1-49,77H. The van der Waals surface area contributed by atoms with Crippen LogP contribution in [0.3, 0.4) is 0 Å². The minimum Gasteiger partial charge on any atom is -0.309 e. The molecule has 4 aromatic heterocycles. The van der Waals surface area contributed by atoms with Crippen molar-refractivity contribution >= 4 is 94.2 Å². The lowest BCUT2D eigenvalue weighted by Crippen LogP contribution is -2.74. The predicted molar refractivity (Wildman–Crippen MR) is 352 cm³/mol. The van der Waals surface area contributed by atoms with Crippen LogP contribution in [0.25, 0.3) is 105 Å². The van der Waals surface area contributed by atoms with E-state index >= 15 is 0 Å². The van der Waals surface area contributed by atoms with Crippen molar-refractivity contribution < 1.29 is 0 Å². The summed E-state index contributed by atoms with van der Waals surface area (Å²) in [5.41, 5.74) is 15.9. The Morgan fingerprint density at radius 1 is 0.341 bits per heavy atom. The van der Waals surface area contributed by atoms with Crippen molar-refractivity contribution in [3.8, 4) is 45.9 Å². The highest BCUT2D eigenvalue weighted by Gasteiger charge is 2.41. The number of nitrogens with zero attached hydrogens (tertiary/aromatic N) is 6. The van der Waals surface area contributed by atoms with Crippen molar-refractivity contribution in [2.45, 2.75) is 5.92 Å². The highest BCUT2D eigenvalue weighted by Crippen LogP contribution is 2.49. The lowest BCUT2D eigenvalue weighted by Gasteiger charge is -2.34. The first-order valence-electron chi connectivity index (χ1n) is 29.0. The fourth-order valence-electron chi connectivity index (χ4n) is 14.3. The van der Waals surface area contributed by atoms with E-state index in [0.717, 1.165) is 83.0 Å². The van der Waals surface area contributed by atoms with E-state index in [1.807, 2.05) is 6.07 Å². The average molecular weight is 1100 g/mol. The largest absolute Gasteiger partial charge is 0.309 e. The van der Waals surface area contributed by atoms with Crippen LogP contribution in [-0.2, 0) is 0 Å². The van der Waals surface area contributed by atoms with Crippen LogP contribution in [-0.4, -0.2) is 31.7 Å². The van der Waals surface area contributed by atoms with E-state index in [-0.39, 0.29) is 5.92 Å². The number of para-hydroxylation sites is 4. The molecule has 4 heterocycles. The molecule has 0 fully saturated rings. The van der Waals surface area contributed by atoms with Crippen molar-refractivity contribution in [3.63, 3.8) is 0 Å². The number of hydrogen-bond acceptors (Lipinski definition) is 3. The van der Waals surface area contributed by atoms with Crippen molar-refractivity contribution in [1.82, 2.24) is 23.7 Å². The first kappa shape index (κ1) is 48.5. The molecule has 396 valence electrons. The molecule has 0 saturated heterocycles. The van der Waals surface area contributed by atoms with Gasteiger partial charge in [0, 0.05) is 55.6 Å². The molecule has 0 N–H and O–H groups in total. The molecule has 0 spiro atoms. The number of hydrogen-bond donors (Lipinski definition) is 0. The Balaban J connectivity index is 0.935. The zero-order valence-electron chi connectivity index (χ0n) is 46.1. The molecule has 6 nitrogen and oxygen atoms in total. The van der Waals surface area contributed by atoms with Crippen LogP contribution < -0.4 is 20.7 Å². The van der Waals surface area contributed by atoms with Gasteiger partial charge in [-0.1, -0.05) is 231 Å². The summed E-state index contributed by atoms with van der Waals surface area (Å²) in [7, 11) is -2.95. The molecule has 85 heavy (non-hydrogen) atoms. The lowest BCUT2D eigenvalue weighted by molar-refractivity contribution is 0.950. The van der Waals surface area contributed by atoms with Gasteiger partial charge in [-0.3, -0.25) is 9.13 Å². The monoisotopic (exact) mass is 1100 g/mol. The molecule has 0 amide bonds. The lowest BCUT2D eigenvalue weighted by atomic mass is 9.88. The number of benzene rings is 12. The Morgan fingerprint density at radius 3 is 1.49 bits per heavy atom. The maximum atomic E-state index is 10.0. The molecule has 1 atom stereocenters. The van der Waals surface area contributed by atoms with Crippen LogP contribution in [0, 0.1) is 11.3 Å². The van der Waals surface area contributed by atoms with E-state index < -0.39 is 8.07 Å². The normalized spacial score (nSPS) is 13.0. The summed E-state index contributed by atoms with van der Waals surface area (Å²) in [6.45, 7) is 0. The molecule has 16 aromatic rings. The summed E-state index contributed by atoms with van der Waals surface area (Å²) in [6, 6.07) is 111. The van der Waals surface area contributed by atoms with E-state index in [9.17, 15) is 5.26 Å². The van der Waals surface area contributed by atoms with Crippen LogP contribution in [0.1, 0.15) is 28.2 Å². The molecular formula is C78H50N6Si. The zero-order valence-corrected chi connectivity index (χ0v) is 47.1. The minimum absolute atomic E-state index is 0.0395. The Kier molecular flexibility index (Phi) is 11.0. The zero-order chi connectivity index (χ0) is 56.2. The quantitative estimate of drug-likeness (QED) is 0.107. The molecule has 1 aliphatic rings. The molecule has 0 radical (unpaired) electrons. The van der Waals surface area contributed by atoms with E-state index in [2.05, 4.69) is 311 Å². The van der Waals surface area contributed by atoms with Gasteiger partial charge < -0.3 is 4.57 Å². The minimum atomic E-state index is -2.95. The SMILES string of the molecule is N#Cc1ccc2c(c1)-c1ccccc1C2c1ccc2c3ccccc3n(-c3cc(-c4cccc([Si](c5ccccc5)(c5ccccc5)c5ccccc5)c4)nc(-n4c5ccccc5c5cc(-n6c7ccccc7c7ccccc76)ccc54)n3)c2c1. The maximum Gasteiger partial charge on any atom is 0.237 e. The van der Waals surface area contributed by atoms with Gasteiger partial charge in [-0.05, 0) is 109 Å². The highest BCUT2D eigenvalue weighted by molar-refractivity contribution is 7.19. The van der Waals surface area contributed by atoms with Gasteiger partial charge in [0.2, 0.25) is 5.95 Å². The fraction of sp³-hybridized carbons (Fsp3) is 0.0128. The van der Waals surface area contributed by atoms with Crippen molar-refractivity contribution in [2.75, 3.05) is 0 Å². The fourth-order valence-corrected chi connectivity index (χ4v) is 19.1. The first-order chi connectivity index (χ1) is 42.1. The summed E-state index contributed by atoms with van der Waals surface area (Å²) < 4.78 is 7.03. The molecule has 7 heteroatoms. The van der Waals surface area contributed by atoms with Crippen LogP contribution in [0.15, 0.2) is 297 Å². The van der Waals surface area contributed by atoms with Crippen LogP contribution >= 0.6 is 0 Å². The Morgan fingerprint density at radius 2 is 0.859 bits per heavy atom. The summed E-state index contributed by atoms with van der Waals surface area (Å²) in [6.07, 6.45) is 0. The molecule has 1 aliphatic carbocycles. The van der Waals surface area contributed by atoms with Gasteiger partial charge in [-0.25, -0.2) is 4.98 Å². The number of aromatic nitrogens is 5. The second-order valence-corrected chi connectivity index (χ2v) is 26.1. The van der Waals surface area contributed by atoms with Gasteiger partial charge >= 0.3 is 0 Å². The third-order valence-corrected chi connectivity index (χ3v) is 22.7. The van der Waals surface area contributed by atoms with Crippen LogP contribution in [0.5, 0.6) is 0 Å². The number of nitriles is 1. The molecule has 12 aromatic carbocycles. The second-order valence-electron chi connectivity index (χ2n) is 22.3. The van der Waals surface area contributed by atoms with Crippen LogP contribution in [0.4, 0.5) is 0 Å². The van der Waals surface area contributed by atoms with Crippen molar-refractivity contribution in [2.24, 2.45) is 0 Å². The predicted octanol–water partition coefficient (Wildman–Crippen LogP) is 15.8. The summed E-state index contributed by atoms with van der Waals surface area (Å²) in [5, 5.41) is 22.1. The Labute approximate surface area is 491 Å². The van der Waals surface area contributed by atoms with Crippen molar-refractivity contribution in [3.05, 3.63) is 320 Å². The van der Waals surface area contributed by atoms with E-state index in [1.165, 1.54) is 53.8 Å². The average Bonchev–Trinajstić information content (AvgIpc) is 3.08. The van der Waals surface area contributed by atoms with Gasteiger partial charge in [0.25, 0.3) is 0 Å². The Hall–Kier alpha value is -11.2. The smallest absolute Gasteiger partial charge is 0.237 e. The van der Waals surface area contributed by atoms with Gasteiger partial charge in [0.05, 0.1) is 50.4 Å². The van der Waals surface area contributed by atoms with Gasteiger partial charge in [-0.2, -0.15) is 10.2 Å². The molecule has 0 saturated carbocycles. The first-order valence-corrected chi connectivity index (χ1v) is 31.0. The van der Waals surface area contributed by atoms with E-state index in [4.69, 9.17) is 9.97 Å². The van der Waals surface area contributed by atoms with Gasteiger partial charge in [0.1, 0.15) is 5.82 Å². The summed E-state index contributed by atoms with van der Waals surface area (Å²) >= 11 is 0. The van der Waals surface area contributed by atoms with Gasteiger partial charge in [0.15, 0.2) is 8.07 Å². The Bertz CT molecular complexity index is 5250. The summed E-state index contributed by atoms with van der Waals surface area (Å²) in [5.74, 6) is 1.29. The van der Waals surface area contributed by atoms with E-state index in [0.29, 0.717) is 11.5 Å². The molecule has 0 bridgehead atoms. The molecular weight excluding hydrogens is 1050 g/mol. The second kappa shape index (κ2) is 19.2. The van der Waals surface area contributed by atoms with E-state index in [1.54, 1.807) is 0 Å². The van der Waals surface area contributed by atoms with Gasteiger partial charge in [-0.15, -0.1) is 0 Å². The van der Waals surface area contributed by atoms with Crippen LogP contribution in [0.2, 0.25) is 0 Å². The van der Waals surface area contributed by atoms with Crippen molar-refractivity contribution in [1.29, 1.82) is 5.26 Å². The molecule has 17 rings (SSSR count). The number of rotatable bonds is 9. The number of fused-ring (bicyclic) bond motifs is 12. The maximum absolute atomic E-state index is 10.0. The molecule has 0 aliphatic heterocycles.